The molecule has 0 bridgehead atoms. The number of hydrogen-bond acceptors (Lipinski definition) is 6. The summed E-state index contributed by atoms with van der Waals surface area (Å²) in [6.07, 6.45) is 5.06. The SMILES string of the molecule is Br.CC1(C)N=C(N)N=C(N)N1OCC1CCCC1. The van der Waals surface area contributed by atoms with Crippen LogP contribution in [0.15, 0.2) is 9.98 Å². The number of halogens is 1. The molecule has 0 aromatic heterocycles. The Morgan fingerprint density at radius 3 is 2.50 bits per heavy atom. The molecule has 0 amide bonds. The van der Waals surface area contributed by atoms with Gasteiger partial charge in [-0.15, -0.1) is 17.0 Å². The van der Waals surface area contributed by atoms with Crippen molar-refractivity contribution >= 4 is 28.9 Å². The molecule has 0 aromatic rings. The molecule has 4 N–H and O–H groups in total. The standard InChI is InChI=1S/C11H21N5O.BrH/c1-11(2)15-9(12)14-10(13)16(11)17-7-8-5-3-4-6-8;/h8H,3-7H2,1-2H3,(H4,12,13,14,15);1H. The fourth-order valence-electron chi connectivity index (χ4n) is 2.37. The molecule has 1 aliphatic heterocycles. The molecular formula is C11H22BrN5O. The lowest BCUT2D eigenvalue weighted by Gasteiger charge is -2.37. The average Bonchev–Trinajstić information content (AvgIpc) is 2.67. The maximum absolute atomic E-state index is 5.82. The normalized spacial score (nSPS) is 23.3. The van der Waals surface area contributed by atoms with Crippen LogP contribution in [-0.4, -0.2) is 29.3 Å². The molecule has 7 heteroatoms. The van der Waals surface area contributed by atoms with Crippen molar-refractivity contribution in [2.75, 3.05) is 6.61 Å². The fourth-order valence-corrected chi connectivity index (χ4v) is 2.37. The second-order valence-corrected chi connectivity index (χ2v) is 5.18. The molecular weight excluding hydrogens is 298 g/mol. The highest BCUT2D eigenvalue weighted by Gasteiger charge is 2.33. The molecule has 1 saturated carbocycles. The van der Waals surface area contributed by atoms with Crippen LogP contribution in [0.4, 0.5) is 0 Å². The Hall–Kier alpha value is -0.820. The van der Waals surface area contributed by atoms with Crippen molar-refractivity contribution in [3.63, 3.8) is 0 Å². The predicted octanol–water partition coefficient (Wildman–Crippen LogP) is 1.37. The van der Waals surface area contributed by atoms with Crippen molar-refractivity contribution in [1.29, 1.82) is 0 Å². The number of rotatable bonds is 3. The first kappa shape index (κ1) is 15.2. The van der Waals surface area contributed by atoms with Gasteiger partial charge >= 0.3 is 0 Å². The van der Waals surface area contributed by atoms with Crippen LogP contribution in [0.25, 0.3) is 0 Å². The number of nitrogens with two attached hydrogens (primary N) is 2. The van der Waals surface area contributed by atoms with E-state index in [1.165, 1.54) is 25.7 Å². The summed E-state index contributed by atoms with van der Waals surface area (Å²) in [5, 5.41) is 1.56. The van der Waals surface area contributed by atoms with E-state index < -0.39 is 5.66 Å². The van der Waals surface area contributed by atoms with Crippen molar-refractivity contribution in [3.8, 4) is 0 Å². The van der Waals surface area contributed by atoms with Crippen molar-refractivity contribution < 1.29 is 4.84 Å². The van der Waals surface area contributed by atoms with Crippen LogP contribution in [0.2, 0.25) is 0 Å². The van der Waals surface area contributed by atoms with E-state index in [0.29, 0.717) is 12.5 Å². The molecule has 0 saturated heterocycles. The summed E-state index contributed by atoms with van der Waals surface area (Å²) >= 11 is 0. The van der Waals surface area contributed by atoms with Gasteiger partial charge in [-0.1, -0.05) is 12.8 Å². The molecule has 2 aliphatic rings. The van der Waals surface area contributed by atoms with Crippen LogP contribution in [-0.2, 0) is 4.84 Å². The fraction of sp³-hybridized carbons (Fsp3) is 0.818. The van der Waals surface area contributed by atoms with Gasteiger partial charge in [0.1, 0.15) is 0 Å². The number of guanidine groups is 2. The summed E-state index contributed by atoms with van der Waals surface area (Å²) in [6, 6.07) is 0. The highest BCUT2D eigenvalue weighted by molar-refractivity contribution is 8.93. The zero-order valence-corrected chi connectivity index (χ0v) is 12.6. The van der Waals surface area contributed by atoms with Crippen LogP contribution in [0.5, 0.6) is 0 Å². The maximum Gasteiger partial charge on any atom is 0.226 e. The van der Waals surface area contributed by atoms with E-state index in [-0.39, 0.29) is 28.9 Å². The molecule has 1 fully saturated rings. The van der Waals surface area contributed by atoms with Crippen LogP contribution in [0.1, 0.15) is 39.5 Å². The van der Waals surface area contributed by atoms with E-state index in [1.807, 2.05) is 13.8 Å². The van der Waals surface area contributed by atoms with Crippen LogP contribution in [0.3, 0.4) is 0 Å². The van der Waals surface area contributed by atoms with Gasteiger partial charge in [0.25, 0.3) is 0 Å². The number of aliphatic imine (C=N–C) groups is 2. The first-order chi connectivity index (χ1) is 7.99. The minimum atomic E-state index is -0.589. The quantitative estimate of drug-likeness (QED) is 0.822. The molecule has 1 aliphatic carbocycles. The maximum atomic E-state index is 5.82. The summed E-state index contributed by atoms with van der Waals surface area (Å²) in [5.74, 6) is 1.11. The average molecular weight is 320 g/mol. The van der Waals surface area contributed by atoms with Crippen LogP contribution < -0.4 is 11.5 Å². The molecule has 0 radical (unpaired) electrons. The van der Waals surface area contributed by atoms with Gasteiger partial charge in [0.15, 0.2) is 5.66 Å². The molecule has 1 heterocycles. The van der Waals surface area contributed by atoms with E-state index in [9.17, 15) is 0 Å². The van der Waals surface area contributed by atoms with E-state index in [1.54, 1.807) is 5.06 Å². The summed E-state index contributed by atoms with van der Waals surface area (Å²) in [4.78, 5) is 13.9. The molecule has 2 rings (SSSR count). The van der Waals surface area contributed by atoms with Gasteiger partial charge < -0.3 is 11.5 Å². The van der Waals surface area contributed by atoms with Gasteiger partial charge in [0.2, 0.25) is 11.9 Å². The zero-order chi connectivity index (χ0) is 12.5. The topological polar surface area (TPSA) is 89.2 Å². The molecule has 0 unspecified atom stereocenters. The van der Waals surface area contributed by atoms with E-state index >= 15 is 0 Å². The number of nitrogens with zero attached hydrogens (tertiary/aromatic N) is 3. The minimum Gasteiger partial charge on any atom is -0.368 e. The van der Waals surface area contributed by atoms with Gasteiger partial charge in [-0.05, 0) is 32.6 Å². The highest BCUT2D eigenvalue weighted by Crippen LogP contribution is 2.27. The molecule has 0 aromatic carbocycles. The third-order valence-corrected chi connectivity index (χ3v) is 3.24. The summed E-state index contributed by atoms with van der Waals surface area (Å²) in [6.45, 7) is 4.47. The van der Waals surface area contributed by atoms with Gasteiger partial charge in [-0.2, -0.15) is 10.1 Å². The molecule has 18 heavy (non-hydrogen) atoms. The lowest BCUT2D eigenvalue weighted by Crippen LogP contribution is -2.54. The minimum absolute atomic E-state index is 0. The van der Waals surface area contributed by atoms with Gasteiger partial charge in [-0.25, -0.2) is 4.99 Å². The molecule has 0 atom stereocenters. The van der Waals surface area contributed by atoms with Crippen molar-refractivity contribution in [3.05, 3.63) is 0 Å². The van der Waals surface area contributed by atoms with Gasteiger partial charge in [0, 0.05) is 0 Å². The van der Waals surface area contributed by atoms with Crippen LogP contribution >= 0.6 is 17.0 Å². The Morgan fingerprint density at radius 2 is 1.94 bits per heavy atom. The monoisotopic (exact) mass is 319 g/mol. The number of hydroxylamine groups is 2. The second-order valence-electron chi connectivity index (χ2n) is 5.18. The third kappa shape index (κ3) is 3.35. The van der Waals surface area contributed by atoms with Crippen molar-refractivity contribution in [2.45, 2.75) is 45.2 Å². The summed E-state index contributed by atoms with van der Waals surface area (Å²) in [5.41, 5.74) is 10.8. The largest absolute Gasteiger partial charge is 0.368 e. The van der Waals surface area contributed by atoms with Crippen molar-refractivity contribution in [2.24, 2.45) is 27.4 Å². The Bertz CT molecular complexity index is 349. The Kier molecular flexibility index (Phi) is 4.98. The Labute approximate surface area is 118 Å². The number of hydrogen-bond donors (Lipinski definition) is 2. The summed E-state index contributed by atoms with van der Waals surface area (Å²) < 4.78 is 0. The Balaban J connectivity index is 0.00000162. The Morgan fingerprint density at radius 1 is 1.33 bits per heavy atom. The molecule has 104 valence electrons. The first-order valence-electron chi connectivity index (χ1n) is 6.11. The van der Waals surface area contributed by atoms with E-state index in [4.69, 9.17) is 16.3 Å². The van der Waals surface area contributed by atoms with E-state index in [0.717, 1.165) is 0 Å². The van der Waals surface area contributed by atoms with Gasteiger partial charge in [-0.3, -0.25) is 4.84 Å². The smallest absolute Gasteiger partial charge is 0.226 e. The zero-order valence-electron chi connectivity index (χ0n) is 10.9. The second kappa shape index (κ2) is 5.88. The highest BCUT2D eigenvalue weighted by atomic mass is 79.9. The van der Waals surface area contributed by atoms with Crippen molar-refractivity contribution in [1.82, 2.24) is 5.06 Å². The van der Waals surface area contributed by atoms with Gasteiger partial charge in [0.05, 0.1) is 6.61 Å². The predicted molar refractivity (Wildman–Crippen MR) is 77.4 cm³/mol. The molecule has 6 nitrogen and oxygen atoms in total. The lowest BCUT2D eigenvalue weighted by molar-refractivity contribution is -0.166. The third-order valence-electron chi connectivity index (χ3n) is 3.24. The first-order valence-corrected chi connectivity index (χ1v) is 6.11. The summed E-state index contributed by atoms with van der Waals surface area (Å²) in [7, 11) is 0. The lowest BCUT2D eigenvalue weighted by atomic mass is 10.1. The van der Waals surface area contributed by atoms with E-state index in [2.05, 4.69) is 9.98 Å². The molecule has 0 spiro atoms. The van der Waals surface area contributed by atoms with Crippen LogP contribution in [0, 0.1) is 5.92 Å².